The molecule has 1 amide bonds. The lowest BCUT2D eigenvalue weighted by atomic mass is 10.1. The Bertz CT molecular complexity index is 450. The predicted octanol–water partition coefficient (Wildman–Crippen LogP) is 1.39. The number of rotatable bonds is 5. The highest BCUT2D eigenvalue weighted by molar-refractivity contribution is 9.10. The van der Waals surface area contributed by atoms with Crippen LogP contribution in [0.3, 0.4) is 0 Å². The van der Waals surface area contributed by atoms with Gasteiger partial charge in [-0.3, -0.25) is 4.79 Å². The molecule has 0 bridgehead atoms. The molecule has 4 N–H and O–H groups in total. The van der Waals surface area contributed by atoms with E-state index in [9.17, 15) is 4.79 Å². The maximum Gasteiger partial charge on any atom is 0.236 e. The van der Waals surface area contributed by atoms with Crippen LogP contribution in [0.25, 0.3) is 0 Å². The van der Waals surface area contributed by atoms with Crippen LogP contribution >= 0.6 is 28.1 Å². The van der Waals surface area contributed by atoms with Gasteiger partial charge in [0.25, 0.3) is 0 Å². The second-order valence-electron chi connectivity index (χ2n) is 3.51. The van der Waals surface area contributed by atoms with Crippen LogP contribution < -0.4 is 16.4 Å². The molecule has 0 radical (unpaired) electrons. The van der Waals surface area contributed by atoms with Crippen LogP contribution in [-0.2, 0) is 4.79 Å². The van der Waals surface area contributed by atoms with Gasteiger partial charge in [-0.25, -0.2) is 0 Å². The van der Waals surface area contributed by atoms with E-state index in [0.717, 1.165) is 15.7 Å². The van der Waals surface area contributed by atoms with Crippen molar-refractivity contribution in [2.75, 3.05) is 18.0 Å². The second-order valence-corrected chi connectivity index (χ2v) is 4.86. The normalized spacial score (nSPS) is 10.0. The highest BCUT2D eigenvalue weighted by Gasteiger charge is 2.13. The molecule has 0 aliphatic heterocycles. The Balaban J connectivity index is 3.18. The molecule has 92 valence electrons. The van der Waals surface area contributed by atoms with E-state index in [0.29, 0.717) is 11.5 Å². The third-order valence-electron chi connectivity index (χ3n) is 2.29. The smallest absolute Gasteiger partial charge is 0.236 e. The first-order valence-corrected chi connectivity index (χ1v) is 6.28. The van der Waals surface area contributed by atoms with Crippen molar-refractivity contribution in [3.8, 4) is 0 Å². The number of anilines is 1. The predicted molar refractivity (Wildman–Crippen MR) is 77.1 cm³/mol. The van der Waals surface area contributed by atoms with E-state index < -0.39 is 0 Å². The van der Waals surface area contributed by atoms with Crippen molar-refractivity contribution in [2.45, 2.75) is 6.92 Å². The Morgan fingerprint density at radius 1 is 1.47 bits per heavy atom. The molecule has 0 heterocycles. The standard InChI is InChI=1S/C11H14BrN3OS/c1-2-15(6-10(13)16)9-4-3-7(12)5-8(9)11(14)17/h3-5H,2,6H2,1H3,(H2,13,16)(H2,14,17). The maximum absolute atomic E-state index is 11.0. The van der Waals surface area contributed by atoms with Gasteiger partial charge in [0.15, 0.2) is 0 Å². The Morgan fingerprint density at radius 2 is 2.12 bits per heavy atom. The van der Waals surface area contributed by atoms with Crippen LogP contribution in [0, 0.1) is 0 Å². The number of hydrogen-bond donors (Lipinski definition) is 2. The van der Waals surface area contributed by atoms with Gasteiger partial charge >= 0.3 is 0 Å². The largest absolute Gasteiger partial charge is 0.389 e. The number of carbonyl (C=O) groups excluding carboxylic acids is 1. The molecule has 0 aliphatic rings. The fourth-order valence-corrected chi connectivity index (χ4v) is 2.06. The SMILES string of the molecule is CCN(CC(N)=O)c1ccc(Br)cc1C(N)=S. The van der Waals surface area contributed by atoms with Gasteiger partial charge in [0, 0.05) is 22.3 Å². The Morgan fingerprint density at radius 3 is 2.59 bits per heavy atom. The lowest BCUT2D eigenvalue weighted by Gasteiger charge is -2.24. The van der Waals surface area contributed by atoms with Gasteiger partial charge in [0.1, 0.15) is 4.99 Å². The average Bonchev–Trinajstić information content (AvgIpc) is 2.25. The van der Waals surface area contributed by atoms with Crippen LogP contribution in [-0.4, -0.2) is 24.0 Å². The molecular formula is C11H14BrN3OS. The summed E-state index contributed by atoms with van der Waals surface area (Å²) < 4.78 is 0.888. The number of nitrogens with zero attached hydrogens (tertiary/aromatic N) is 1. The highest BCUT2D eigenvalue weighted by atomic mass is 79.9. The van der Waals surface area contributed by atoms with Crippen molar-refractivity contribution in [2.24, 2.45) is 11.5 Å². The topological polar surface area (TPSA) is 72.3 Å². The van der Waals surface area contributed by atoms with Crippen LogP contribution in [0.15, 0.2) is 22.7 Å². The molecule has 1 aromatic carbocycles. The molecular weight excluding hydrogens is 302 g/mol. The van der Waals surface area contributed by atoms with Gasteiger partial charge in [-0.1, -0.05) is 28.1 Å². The molecule has 0 spiro atoms. The molecule has 0 atom stereocenters. The van der Waals surface area contributed by atoms with Crippen molar-refractivity contribution in [3.63, 3.8) is 0 Å². The number of likely N-dealkylation sites (N-methyl/N-ethyl adjacent to an activating group) is 1. The molecule has 1 aromatic rings. The lowest BCUT2D eigenvalue weighted by Crippen LogP contribution is -2.34. The number of primary amides is 1. The Hall–Kier alpha value is -1.14. The van der Waals surface area contributed by atoms with Gasteiger partial charge in [0.2, 0.25) is 5.91 Å². The summed E-state index contributed by atoms with van der Waals surface area (Å²) in [6.07, 6.45) is 0. The van der Waals surface area contributed by atoms with E-state index in [1.165, 1.54) is 0 Å². The molecule has 0 aliphatic carbocycles. The summed E-state index contributed by atoms with van der Waals surface area (Å²) in [6.45, 7) is 2.74. The summed E-state index contributed by atoms with van der Waals surface area (Å²) in [5.74, 6) is -0.386. The maximum atomic E-state index is 11.0. The minimum absolute atomic E-state index is 0.147. The van der Waals surface area contributed by atoms with Crippen LogP contribution in [0.5, 0.6) is 0 Å². The molecule has 0 unspecified atom stereocenters. The molecule has 17 heavy (non-hydrogen) atoms. The first kappa shape index (κ1) is 13.9. The minimum Gasteiger partial charge on any atom is -0.389 e. The fourth-order valence-electron chi connectivity index (χ4n) is 1.54. The summed E-state index contributed by atoms with van der Waals surface area (Å²) >= 11 is 8.37. The van der Waals surface area contributed by atoms with Gasteiger partial charge in [-0.15, -0.1) is 0 Å². The molecule has 0 fully saturated rings. The minimum atomic E-state index is -0.386. The third-order valence-corrected chi connectivity index (χ3v) is 3.01. The number of nitrogens with two attached hydrogens (primary N) is 2. The van der Waals surface area contributed by atoms with Crippen molar-refractivity contribution in [3.05, 3.63) is 28.2 Å². The van der Waals surface area contributed by atoms with E-state index in [4.69, 9.17) is 23.7 Å². The lowest BCUT2D eigenvalue weighted by molar-refractivity contribution is -0.116. The third kappa shape index (κ3) is 3.67. The number of halogens is 1. The molecule has 1 rings (SSSR count). The van der Waals surface area contributed by atoms with E-state index >= 15 is 0 Å². The summed E-state index contributed by atoms with van der Waals surface area (Å²) in [6, 6.07) is 5.58. The zero-order chi connectivity index (χ0) is 13.0. The van der Waals surface area contributed by atoms with E-state index in [2.05, 4.69) is 15.9 Å². The molecule has 6 heteroatoms. The molecule has 0 saturated heterocycles. The van der Waals surface area contributed by atoms with Gasteiger partial charge in [-0.05, 0) is 25.1 Å². The van der Waals surface area contributed by atoms with E-state index in [1.54, 1.807) is 0 Å². The first-order valence-electron chi connectivity index (χ1n) is 5.08. The van der Waals surface area contributed by atoms with Crippen LogP contribution in [0.4, 0.5) is 5.69 Å². The van der Waals surface area contributed by atoms with Crippen molar-refractivity contribution < 1.29 is 4.79 Å². The number of amides is 1. The van der Waals surface area contributed by atoms with Crippen molar-refractivity contribution in [1.82, 2.24) is 0 Å². The molecule has 0 aromatic heterocycles. The van der Waals surface area contributed by atoms with Crippen molar-refractivity contribution >= 4 is 44.7 Å². The summed E-state index contributed by atoms with van der Waals surface area (Å²) in [5.41, 5.74) is 12.4. The summed E-state index contributed by atoms with van der Waals surface area (Å²) in [7, 11) is 0. The van der Waals surface area contributed by atoms with E-state index in [1.807, 2.05) is 30.0 Å². The number of hydrogen-bond acceptors (Lipinski definition) is 3. The number of benzene rings is 1. The average molecular weight is 316 g/mol. The molecule has 0 saturated carbocycles. The zero-order valence-corrected chi connectivity index (χ0v) is 11.8. The van der Waals surface area contributed by atoms with Gasteiger partial charge in [-0.2, -0.15) is 0 Å². The van der Waals surface area contributed by atoms with Crippen LogP contribution in [0.2, 0.25) is 0 Å². The summed E-state index contributed by atoms with van der Waals surface area (Å²) in [4.78, 5) is 13.1. The first-order chi connectivity index (χ1) is 7.95. The van der Waals surface area contributed by atoms with Gasteiger partial charge < -0.3 is 16.4 Å². The van der Waals surface area contributed by atoms with Gasteiger partial charge in [0.05, 0.1) is 6.54 Å². The zero-order valence-electron chi connectivity index (χ0n) is 9.44. The summed E-state index contributed by atoms with van der Waals surface area (Å²) in [5, 5.41) is 0. The molecule has 4 nitrogen and oxygen atoms in total. The fraction of sp³-hybridized carbons (Fsp3) is 0.273. The Labute approximate surface area is 114 Å². The van der Waals surface area contributed by atoms with Crippen LogP contribution in [0.1, 0.15) is 12.5 Å². The second kappa shape index (κ2) is 5.97. The van der Waals surface area contributed by atoms with Crippen molar-refractivity contribution in [1.29, 1.82) is 0 Å². The number of carbonyl (C=O) groups is 1. The number of thiocarbonyl (C=S) groups is 1. The Kier molecular flexibility index (Phi) is 4.89. The quantitative estimate of drug-likeness (QED) is 0.806. The van der Waals surface area contributed by atoms with E-state index in [-0.39, 0.29) is 12.5 Å². The highest BCUT2D eigenvalue weighted by Crippen LogP contribution is 2.24. The monoisotopic (exact) mass is 315 g/mol.